The van der Waals surface area contributed by atoms with Crippen LogP contribution < -0.4 is 4.74 Å². The highest BCUT2D eigenvalue weighted by molar-refractivity contribution is 6.36. The van der Waals surface area contributed by atoms with E-state index in [2.05, 4.69) is 0 Å². The third-order valence-corrected chi connectivity index (χ3v) is 6.11. The van der Waals surface area contributed by atoms with Crippen molar-refractivity contribution in [2.24, 2.45) is 0 Å². The second-order valence-electron chi connectivity index (χ2n) is 7.63. The molecule has 0 heterocycles. The normalized spacial score (nSPS) is 11.9. The maximum absolute atomic E-state index is 13.4. The van der Waals surface area contributed by atoms with Crippen LogP contribution in [0.15, 0.2) is 54.6 Å². The van der Waals surface area contributed by atoms with Crippen molar-refractivity contribution in [1.82, 2.24) is 0 Å². The molecule has 0 aliphatic carbocycles. The molecule has 0 fully saturated rings. The van der Waals surface area contributed by atoms with Crippen molar-refractivity contribution in [3.63, 3.8) is 0 Å². The number of carbonyl (C=O) groups excluding carboxylic acids is 1. The first kappa shape index (κ1) is 24.1. The van der Waals surface area contributed by atoms with Crippen LogP contribution in [0.25, 0.3) is 0 Å². The predicted molar refractivity (Wildman–Crippen MR) is 127 cm³/mol. The van der Waals surface area contributed by atoms with Gasteiger partial charge in [0, 0.05) is 34.4 Å². The third-order valence-electron chi connectivity index (χ3n) is 5.44. The molecule has 0 bridgehead atoms. The Bertz CT molecular complexity index is 1070. The fourth-order valence-corrected chi connectivity index (χ4v) is 4.23. The van der Waals surface area contributed by atoms with Gasteiger partial charge < -0.3 is 9.84 Å². The lowest BCUT2D eigenvalue weighted by Crippen LogP contribution is -2.09. The van der Waals surface area contributed by atoms with Crippen LogP contribution in [0.3, 0.4) is 0 Å². The number of phenolic OH excluding ortho intramolecular Hbond substituents is 1. The van der Waals surface area contributed by atoms with E-state index in [1.165, 1.54) is 12.1 Å². The van der Waals surface area contributed by atoms with Crippen LogP contribution >= 0.6 is 23.2 Å². The first-order chi connectivity index (χ1) is 15.3. The molecule has 3 aromatic rings. The van der Waals surface area contributed by atoms with Crippen LogP contribution in [-0.2, 0) is 11.2 Å². The average Bonchev–Trinajstić information content (AvgIpc) is 2.78. The van der Waals surface area contributed by atoms with E-state index in [0.717, 1.165) is 28.7 Å². The standard InChI is InChI=1S/C26H25Cl2FO3/c1-3-19(30)15-32-20-13-24(27)23(25(28)14-20)12-16-5-10-26(31)22(11-16)21(4-2)17-6-8-18(29)9-7-17/h5-11,13-14,21,31H,3-4,12,15H2,1-2H3. The minimum atomic E-state index is -0.294. The Morgan fingerprint density at radius 1 is 1.03 bits per heavy atom. The van der Waals surface area contributed by atoms with Gasteiger partial charge in [-0.25, -0.2) is 4.39 Å². The minimum Gasteiger partial charge on any atom is -0.508 e. The summed E-state index contributed by atoms with van der Waals surface area (Å²) < 4.78 is 18.8. The maximum Gasteiger partial charge on any atom is 0.169 e. The van der Waals surface area contributed by atoms with E-state index in [-0.39, 0.29) is 29.9 Å². The molecule has 168 valence electrons. The largest absolute Gasteiger partial charge is 0.508 e. The molecule has 0 radical (unpaired) electrons. The molecule has 1 atom stereocenters. The average molecular weight is 475 g/mol. The summed E-state index contributed by atoms with van der Waals surface area (Å²) in [5.74, 6) is 0.251. The molecule has 0 aliphatic rings. The number of aromatic hydroxyl groups is 1. The molecule has 0 aromatic heterocycles. The summed E-state index contributed by atoms with van der Waals surface area (Å²) in [6.07, 6.45) is 1.60. The van der Waals surface area contributed by atoms with Crippen LogP contribution in [0.2, 0.25) is 10.0 Å². The van der Waals surface area contributed by atoms with E-state index in [9.17, 15) is 14.3 Å². The number of carbonyl (C=O) groups is 1. The first-order valence-electron chi connectivity index (χ1n) is 10.5. The molecular weight excluding hydrogens is 450 g/mol. The number of rotatable bonds is 9. The van der Waals surface area contributed by atoms with Gasteiger partial charge in [0.2, 0.25) is 0 Å². The van der Waals surface area contributed by atoms with Crippen LogP contribution in [-0.4, -0.2) is 17.5 Å². The predicted octanol–water partition coefficient (Wildman–Crippen LogP) is 7.33. The Morgan fingerprint density at radius 3 is 2.28 bits per heavy atom. The fourth-order valence-electron chi connectivity index (χ4n) is 3.63. The van der Waals surface area contributed by atoms with Gasteiger partial charge in [0.15, 0.2) is 5.78 Å². The number of hydrogen-bond donors (Lipinski definition) is 1. The van der Waals surface area contributed by atoms with Crippen molar-refractivity contribution in [3.8, 4) is 11.5 Å². The van der Waals surface area contributed by atoms with Crippen molar-refractivity contribution in [3.05, 3.63) is 92.7 Å². The van der Waals surface area contributed by atoms with Crippen molar-refractivity contribution >= 4 is 29.0 Å². The van der Waals surface area contributed by atoms with Crippen LogP contribution in [0.5, 0.6) is 11.5 Å². The van der Waals surface area contributed by atoms with Gasteiger partial charge in [-0.3, -0.25) is 4.79 Å². The van der Waals surface area contributed by atoms with Gasteiger partial charge in [0.25, 0.3) is 0 Å². The lowest BCUT2D eigenvalue weighted by molar-refractivity contribution is -0.120. The number of hydrogen-bond acceptors (Lipinski definition) is 3. The number of ketones is 1. The summed E-state index contributed by atoms with van der Waals surface area (Å²) in [6.45, 7) is 3.78. The molecule has 3 aromatic carbocycles. The van der Waals surface area contributed by atoms with Crippen molar-refractivity contribution < 1.29 is 19.0 Å². The zero-order valence-electron chi connectivity index (χ0n) is 18.0. The second kappa shape index (κ2) is 10.8. The molecule has 0 saturated carbocycles. The molecular formula is C26H25Cl2FO3. The number of benzene rings is 3. The smallest absolute Gasteiger partial charge is 0.169 e. The SMILES string of the molecule is CCC(=O)COc1cc(Cl)c(Cc2ccc(O)c(C(CC)c3ccc(F)cc3)c2)c(Cl)c1. The summed E-state index contributed by atoms with van der Waals surface area (Å²) in [4.78, 5) is 11.5. The highest BCUT2D eigenvalue weighted by atomic mass is 35.5. The Balaban J connectivity index is 1.87. The summed E-state index contributed by atoms with van der Waals surface area (Å²) >= 11 is 12.9. The van der Waals surface area contributed by atoms with Crippen LogP contribution in [0, 0.1) is 5.82 Å². The van der Waals surface area contributed by atoms with E-state index in [0.29, 0.717) is 28.6 Å². The molecule has 0 aliphatic heterocycles. The molecule has 0 spiro atoms. The Labute approximate surface area is 197 Å². The van der Waals surface area contributed by atoms with Gasteiger partial charge in [-0.2, -0.15) is 0 Å². The highest BCUT2D eigenvalue weighted by Crippen LogP contribution is 2.37. The topological polar surface area (TPSA) is 46.5 Å². The molecule has 3 rings (SSSR count). The summed E-state index contributed by atoms with van der Waals surface area (Å²) in [5.41, 5.74) is 3.35. The summed E-state index contributed by atoms with van der Waals surface area (Å²) in [7, 11) is 0. The quantitative estimate of drug-likeness (QED) is 0.353. The highest BCUT2D eigenvalue weighted by Gasteiger charge is 2.18. The molecule has 0 amide bonds. The zero-order chi connectivity index (χ0) is 23.3. The zero-order valence-corrected chi connectivity index (χ0v) is 19.5. The lowest BCUT2D eigenvalue weighted by atomic mass is 9.87. The monoisotopic (exact) mass is 474 g/mol. The Morgan fingerprint density at radius 2 is 1.69 bits per heavy atom. The van der Waals surface area contributed by atoms with Crippen LogP contribution in [0.1, 0.15) is 54.9 Å². The van der Waals surface area contributed by atoms with E-state index < -0.39 is 0 Å². The molecule has 1 unspecified atom stereocenters. The fraction of sp³-hybridized carbons (Fsp3) is 0.269. The molecule has 1 N–H and O–H groups in total. The number of ether oxygens (including phenoxy) is 1. The molecule has 6 heteroatoms. The Hall–Kier alpha value is -2.56. The molecule has 32 heavy (non-hydrogen) atoms. The van der Waals surface area contributed by atoms with Gasteiger partial charge in [-0.1, -0.05) is 61.3 Å². The minimum absolute atomic E-state index is 0.00965. The summed E-state index contributed by atoms with van der Waals surface area (Å²) in [5, 5.41) is 11.4. The second-order valence-corrected chi connectivity index (χ2v) is 8.44. The van der Waals surface area contributed by atoms with E-state index in [4.69, 9.17) is 27.9 Å². The van der Waals surface area contributed by atoms with Crippen molar-refractivity contribution in [2.45, 2.75) is 39.0 Å². The molecule has 0 saturated heterocycles. The van der Waals surface area contributed by atoms with Gasteiger partial charge >= 0.3 is 0 Å². The first-order valence-corrected chi connectivity index (χ1v) is 11.3. The van der Waals surface area contributed by atoms with E-state index in [1.807, 2.05) is 19.1 Å². The number of phenols is 1. The van der Waals surface area contributed by atoms with Gasteiger partial charge in [-0.15, -0.1) is 0 Å². The lowest BCUT2D eigenvalue weighted by Gasteiger charge is -2.19. The van der Waals surface area contributed by atoms with Gasteiger partial charge in [0.05, 0.1) is 0 Å². The third kappa shape index (κ3) is 5.81. The number of halogens is 3. The van der Waals surface area contributed by atoms with Crippen LogP contribution in [0.4, 0.5) is 4.39 Å². The molecule has 3 nitrogen and oxygen atoms in total. The van der Waals surface area contributed by atoms with Crippen molar-refractivity contribution in [2.75, 3.05) is 6.61 Å². The van der Waals surface area contributed by atoms with Gasteiger partial charge in [-0.05, 0) is 53.4 Å². The maximum atomic E-state index is 13.4. The number of Topliss-reactive ketones (excluding diaryl/α,β-unsaturated/α-hetero) is 1. The van der Waals surface area contributed by atoms with E-state index >= 15 is 0 Å². The van der Waals surface area contributed by atoms with Crippen molar-refractivity contribution in [1.29, 1.82) is 0 Å². The van der Waals surface area contributed by atoms with Gasteiger partial charge in [0.1, 0.15) is 23.9 Å². The Kier molecular flexibility index (Phi) is 8.16. The van der Waals surface area contributed by atoms with E-state index in [1.54, 1.807) is 37.3 Å². The summed E-state index contributed by atoms with van der Waals surface area (Å²) in [6, 6.07) is 15.1.